The predicted molar refractivity (Wildman–Crippen MR) is 342 cm³/mol. The molecule has 366 valence electrons. The highest BCUT2D eigenvalue weighted by Gasteiger charge is 2.36. The molecule has 16 aromatic rings. The summed E-state index contributed by atoms with van der Waals surface area (Å²) in [6, 6.07) is 105. The van der Waals surface area contributed by atoms with Gasteiger partial charge in [-0.05, 0) is 199 Å². The van der Waals surface area contributed by atoms with Crippen LogP contribution >= 0.6 is 0 Å². The van der Waals surface area contributed by atoms with Crippen molar-refractivity contribution in [3.63, 3.8) is 0 Å². The summed E-state index contributed by atoms with van der Waals surface area (Å²) >= 11 is 0. The molecule has 0 radical (unpaired) electrons. The summed E-state index contributed by atoms with van der Waals surface area (Å²) in [5, 5.41) is 18.1. The molecular weight excluding hydrogens is 961 g/mol. The SMILES string of the molecule is c1ccc(-c2ccccc2-c2c3c(c(-c4ccccc4)c4ccccc24)-c2ccc4c5ccc6c7c(ccc(c8ccc-3c2c48)c75)-c2c-6c(-c3ccccc3)c3cc4ccccc4cc3c2-c2ccccc2-c2ccccc2)cc1. The molecule has 0 heterocycles. The second-order valence-electron chi connectivity index (χ2n) is 22.0. The van der Waals surface area contributed by atoms with Gasteiger partial charge in [0.25, 0.3) is 0 Å². The van der Waals surface area contributed by atoms with E-state index in [0.717, 1.165) is 0 Å². The van der Waals surface area contributed by atoms with Crippen molar-refractivity contribution >= 4 is 75.4 Å². The molecular formula is C80H46. The van der Waals surface area contributed by atoms with E-state index in [1.807, 2.05) is 0 Å². The van der Waals surface area contributed by atoms with Crippen molar-refractivity contribution in [2.45, 2.75) is 0 Å². The van der Waals surface area contributed by atoms with E-state index in [1.54, 1.807) is 0 Å². The third-order valence-corrected chi connectivity index (χ3v) is 18.1. The molecule has 0 fully saturated rings. The van der Waals surface area contributed by atoms with E-state index in [4.69, 9.17) is 0 Å². The topological polar surface area (TPSA) is 0 Å². The lowest BCUT2D eigenvalue weighted by molar-refractivity contribution is 1.59. The van der Waals surface area contributed by atoms with Crippen LogP contribution in [0.4, 0.5) is 0 Å². The van der Waals surface area contributed by atoms with Crippen LogP contribution in [0.5, 0.6) is 0 Å². The monoisotopic (exact) mass is 1010 g/mol. The summed E-state index contributed by atoms with van der Waals surface area (Å²) in [5.74, 6) is 0. The Bertz CT molecular complexity index is 5280. The molecule has 0 N–H and O–H groups in total. The number of benzene rings is 16. The Kier molecular flexibility index (Phi) is 9.04. The van der Waals surface area contributed by atoms with Crippen molar-refractivity contribution in [2.24, 2.45) is 0 Å². The maximum atomic E-state index is 2.48. The molecule has 0 amide bonds. The highest BCUT2D eigenvalue weighted by Crippen LogP contribution is 2.63. The molecule has 0 unspecified atom stereocenters. The van der Waals surface area contributed by atoms with Crippen LogP contribution in [0, 0.1) is 0 Å². The molecule has 0 heteroatoms. The Balaban J connectivity index is 0.970. The maximum Gasteiger partial charge on any atom is -0.000718 e. The van der Waals surface area contributed by atoms with E-state index in [2.05, 4.69) is 279 Å². The van der Waals surface area contributed by atoms with Gasteiger partial charge < -0.3 is 0 Å². The predicted octanol–water partition coefficient (Wildman–Crippen LogP) is 22.5. The van der Waals surface area contributed by atoms with Gasteiger partial charge in [-0.2, -0.15) is 0 Å². The van der Waals surface area contributed by atoms with Crippen LogP contribution in [0.3, 0.4) is 0 Å². The highest BCUT2D eigenvalue weighted by atomic mass is 14.4. The van der Waals surface area contributed by atoms with Gasteiger partial charge in [0.2, 0.25) is 0 Å². The summed E-state index contributed by atoms with van der Waals surface area (Å²) in [5.41, 5.74) is 25.5. The molecule has 0 saturated carbocycles. The van der Waals surface area contributed by atoms with E-state index in [1.165, 1.54) is 187 Å². The van der Waals surface area contributed by atoms with Crippen molar-refractivity contribution in [3.05, 3.63) is 279 Å². The normalized spacial score (nSPS) is 12.2. The molecule has 0 spiro atoms. The Morgan fingerprint density at radius 3 is 0.838 bits per heavy atom. The minimum atomic E-state index is 1.21. The molecule has 2 aliphatic rings. The van der Waals surface area contributed by atoms with Gasteiger partial charge in [-0.3, -0.25) is 0 Å². The first-order chi connectivity index (χ1) is 39.8. The number of hydrogen-bond acceptors (Lipinski definition) is 0. The molecule has 0 aliphatic heterocycles. The zero-order valence-electron chi connectivity index (χ0n) is 43.6. The molecule has 0 atom stereocenters. The molecule has 0 nitrogen and oxygen atoms in total. The van der Waals surface area contributed by atoms with Gasteiger partial charge in [0.05, 0.1) is 0 Å². The van der Waals surface area contributed by atoms with E-state index in [9.17, 15) is 0 Å². The van der Waals surface area contributed by atoms with Gasteiger partial charge in [-0.1, -0.05) is 267 Å². The summed E-state index contributed by atoms with van der Waals surface area (Å²) in [7, 11) is 0. The van der Waals surface area contributed by atoms with Crippen LogP contribution in [0.25, 0.3) is 187 Å². The van der Waals surface area contributed by atoms with Crippen LogP contribution in [0.2, 0.25) is 0 Å². The van der Waals surface area contributed by atoms with Gasteiger partial charge in [0, 0.05) is 0 Å². The number of rotatable bonds is 6. The first kappa shape index (κ1) is 43.7. The van der Waals surface area contributed by atoms with Crippen molar-refractivity contribution in [3.8, 4) is 111 Å². The Labute approximate surface area is 463 Å². The Morgan fingerprint density at radius 1 is 0.138 bits per heavy atom. The van der Waals surface area contributed by atoms with Crippen molar-refractivity contribution < 1.29 is 0 Å². The third kappa shape index (κ3) is 5.89. The molecule has 2 aliphatic carbocycles. The molecule has 18 rings (SSSR count). The zero-order valence-corrected chi connectivity index (χ0v) is 43.6. The van der Waals surface area contributed by atoms with Crippen LogP contribution in [-0.2, 0) is 0 Å². The maximum absolute atomic E-state index is 2.48. The van der Waals surface area contributed by atoms with E-state index in [0.29, 0.717) is 0 Å². The largest absolute Gasteiger partial charge is 0.0622 e. The van der Waals surface area contributed by atoms with Crippen molar-refractivity contribution in [1.29, 1.82) is 0 Å². The molecule has 0 saturated heterocycles. The van der Waals surface area contributed by atoms with Crippen LogP contribution in [-0.4, -0.2) is 0 Å². The third-order valence-electron chi connectivity index (χ3n) is 18.1. The van der Waals surface area contributed by atoms with Gasteiger partial charge in [-0.25, -0.2) is 0 Å². The van der Waals surface area contributed by atoms with E-state index in [-0.39, 0.29) is 0 Å². The second-order valence-corrected chi connectivity index (χ2v) is 22.0. The average molecular weight is 1010 g/mol. The number of fused-ring (bicyclic) bond motifs is 11. The fourth-order valence-electron chi connectivity index (χ4n) is 14.9. The minimum absolute atomic E-state index is 1.21. The van der Waals surface area contributed by atoms with Crippen molar-refractivity contribution in [2.75, 3.05) is 0 Å². The van der Waals surface area contributed by atoms with Gasteiger partial charge in [-0.15, -0.1) is 0 Å². The highest BCUT2D eigenvalue weighted by molar-refractivity contribution is 6.42. The summed E-state index contributed by atoms with van der Waals surface area (Å²) in [6.07, 6.45) is 0. The smallest absolute Gasteiger partial charge is 0.000718 e. The molecule has 16 aromatic carbocycles. The summed E-state index contributed by atoms with van der Waals surface area (Å²) in [6.45, 7) is 0. The van der Waals surface area contributed by atoms with Gasteiger partial charge >= 0.3 is 0 Å². The quantitative estimate of drug-likeness (QED) is 0.115. The Morgan fingerprint density at radius 2 is 0.425 bits per heavy atom. The molecule has 0 aromatic heterocycles. The van der Waals surface area contributed by atoms with Crippen LogP contribution < -0.4 is 0 Å². The summed E-state index contributed by atoms with van der Waals surface area (Å²) < 4.78 is 0. The lowest BCUT2D eigenvalue weighted by Crippen LogP contribution is -1.95. The molecule has 80 heavy (non-hydrogen) atoms. The molecule has 0 bridgehead atoms. The first-order valence-corrected chi connectivity index (χ1v) is 28.0. The zero-order chi connectivity index (χ0) is 52.2. The Hall–Kier alpha value is -10.4. The van der Waals surface area contributed by atoms with Gasteiger partial charge in [0.15, 0.2) is 0 Å². The average Bonchev–Trinajstić information content (AvgIpc) is 4.14. The summed E-state index contributed by atoms with van der Waals surface area (Å²) in [4.78, 5) is 0. The second kappa shape index (κ2) is 16.6. The van der Waals surface area contributed by atoms with Crippen molar-refractivity contribution in [1.82, 2.24) is 0 Å². The van der Waals surface area contributed by atoms with Crippen LogP contribution in [0.1, 0.15) is 0 Å². The minimum Gasteiger partial charge on any atom is -0.0622 e. The first-order valence-electron chi connectivity index (χ1n) is 28.0. The van der Waals surface area contributed by atoms with Crippen LogP contribution in [0.15, 0.2) is 279 Å². The van der Waals surface area contributed by atoms with E-state index >= 15 is 0 Å². The number of hydrogen-bond donors (Lipinski definition) is 0. The van der Waals surface area contributed by atoms with Gasteiger partial charge in [0.1, 0.15) is 0 Å². The lowest BCUT2D eigenvalue weighted by Gasteiger charge is -2.22. The fraction of sp³-hybridized carbons (Fsp3) is 0. The standard InChI is InChI=1S/C80H46/c1-5-21-47(22-6-1)53-31-15-17-33-55(53)73-58-36-20-19-35-57(58)69(49-25-9-3-10-26-49)77-63-41-37-59-60-38-42-64-76-66(44-40-62(72(60)76)61-39-43-65(79(73)77)75(63)71(59)61)80-74(56-34-18-16-32-54(56)48-23-7-2-8-24-48)68-46-52-30-14-13-29-51(52)45-67(68)70(78(64)80)50-27-11-4-12-28-50/h1-46H. The van der Waals surface area contributed by atoms with E-state index < -0.39 is 0 Å². The fourth-order valence-corrected chi connectivity index (χ4v) is 14.9. The lowest BCUT2D eigenvalue weighted by atomic mass is 9.80.